The number of hydrogen-bond acceptors (Lipinski definition) is 7. The van der Waals surface area contributed by atoms with E-state index < -0.39 is 35.5 Å². The van der Waals surface area contributed by atoms with E-state index in [1.807, 2.05) is 0 Å². The van der Waals surface area contributed by atoms with E-state index in [0.29, 0.717) is 30.8 Å². The number of fused-ring (bicyclic) bond motifs is 1. The number of halogens is 1. The van der Waals surface area contributed by atoms with Crippen molar-refractivity contribution in [1.82, 2.24) is 10.2 Å². The van der Waals surface area contributed by atoms with Crippen molar-refractivity contribution in [2.45, 2.75) is 51.0 Å². The van der Waals surface area contributed by atoms with E-state index in [1.54, 1.807) is 18.2 Å². The fourth-order valence-corrected chi connectivity index (χ4v) is 4.51. The molecule has 0 aromatic heterocycles. The zero-order chi connectivity index (χ0) is 26.5. The van der Waals surface area contributed by atoms with Crippen LogP contribution in [0.3, 0.4) is 0 Å². The first-order valence-corrected chi connectivity index (χ1v) is 12.2. The minimum atomic E-state index is -1.00. The molecule has 2 aromatic rings. The third-order valence-corrected chi connectivity index (χ3v) is 6.40. The number of piperidine rings is 1. The Hall–Kier alpha value is -4.28. The topological polar surface area (TPSA) is 151 Å². The summed E-state index contributed by atoms with van der Waals surface area (Å²) in [7, 11) is 0. The predicted molar refractivity (Wildman–Crippen MR) is 134 cm³/mol. The lowest BCUT2D eigenvalue weighted by molar-refractivity contribution is -0.136. The van der Waals surface area contributed by atoms with Crippen molar-refractivity contribution in [3.05, 3.63) is 53.3 Å². The summed E-state index contributed by atoms with van der Waals surface area (Å²) in [5, 5.41) is 8.07. The summed E-state index contributed by atoms with van der Waals surface area (Å²) in [6.45, 7) is 0.550. The molecule has 0 bridgehead atoms. The Morgan fingerprint density at radius 3 is 2.57 bits per heavy atom. The maximum Gasteiger partial charge on any atom is 0.264 e. The largest absolute Gasteiger partial charge is 0.397 e. The first-order chi connectivity index (χ1) is 17.8. The smallest absolute Gasteiger partial charge is 0.264 e. The number of carbonyl (C=O) groups is 5. The summed E-state index contributed by atoms with van der Waals surface area (Å²) < 4.78 is 13.1. The zero-order valence-electron chi connectivity index (χ0n) is 20.1. The molecule has 11 heteroatoms. The molecule has 0 saturated carbocycles. The molecular formula is C26H28FN5O5. The number of nitrogens with one attached hydrogen (secondary N) is 3. The zero-order valence-corrected chi connectivity index (χ0v) is 20.1. The van der Waals surface area contributed by atoms with Crippen molar-refractivity contribution in [2.75, 3.05) is 22.9 Å². The van der Waals surface area contributed by atoms with Crippen molar-refractivity contribution in [1.29, 1.82) is 0 Å². The number of rotatable bonds is 10. The molecule has 0 spiro atoms. The van der Waals surface area contributed by atoms with Crippen LogP contribution in [0.5, 0.6) is 0 Å². The average molecular weight is 510 g/mol. The fourth-order valence-electron chi connectivity index (χ4n) is 4.51. The van der Waals surface area contributed by atoms with E-state index in [-0.39, 0.29) is 35.6 Å². The number of nitrogens with zero attached hydrogens (tertiary/aromatic N) is 1. The van der Waals surface area contributed by atoms with Crippen LogP contribution in [0.4, 0.5) is 21.5 Å². The van der Waals surface area contributed by atoms with Crippen molar-refractivity contribution >= 4 is 46.6 Å². The minimum absolute atomic E-state index is 0.0663. The van der Waals surface area contributed by atoms with Crippen LogP contribution in [0.25, 0.3) is 0 Å². The summed E-state index contributed by atoms with van der Waals surface area (Å²) in [5.74, 6) is -2.81. The Bertz CT molecular complexity index is 1260. The van der Waals surface area contributed by atoms with E-state index in [4.69, 9.17) is 5.73 Å². The molecule has 5 N–H and O–H groups in total. The molecule has 1 atom stereocenters. The number of benzene rings is 2. The number of amides is 5. The predicted octanol–water partition coefficient (Wildman–Crippen LogP) is 2.81. The molecule has 2 aromatic carbocycles. The van der Waals surface area contributed by atoms with E-state index in [2.05, 4.69) is 16.0 Å². The molecule has 5 amide bonds. The molecule has 2 heterocycles. The van der Waals surface area contributed by atoms with Gasteiger partial charge >= 0.3 is 0 Å². The lowest BCUT2D eigenvalue weighted by Gasteiger charge is -2.27. The van der Waals surface area contributed by atoms with Gasteiger partial charge in [0.1, 0.15) is 11.9 Å². The van der Waals surface area contributed by atoms with Gasteiger partial charge in [-0.2, -0.15) is 0 Å². The van der Waals surface area contributed by atoms with Crippen molar-refractivity contribution in [2.24, 2.45) is 0 Å². The average Bonchev–Trinajstić information content (AvgIpc) is 3.11. The standard InChI is InChI=1S/C26H28FN5O5/c27-15-9-10-18(17(28)14-15)30-21(33)8-3-1-2-4-13-29-19-7-5-6-16-23(19)26(37)32(25(16)36)20-11-12-22(34)31-24(20)35/h5-7,9-10,14,20,29H,1-4,8,11-13,28H2,(H,30,33)(H,31,34,35). The van der Waals surface area contributed by atoms with Gasteiger partial charge in [0.25, 0.3) is 11.8 Å². The van der Waals surface area contributed by atoms with Gasteiger partial charge in [0.05, 0.1) is 22.5 Å². The number of anilines is 3. The van der Waals surface area contributed by atoms with E-state index in [0.717, 1.165) is 30.2 Å². The van der Waals surface area contributed by atoms with Crippen LogP contribution >= 0.6 is 0 Å². The van der Waals surface area contributed by atoms with Crippen LogP contribution < -0.4 is 21.7 Å². The van der Waals surface area contributed by atoms with Gasteiger partial charge in [-0.15, -0.1) is 0 Å². The Kier molecular flexibility index (Phi) is 7.80. The third-order valence-electron chi connectivity index (χ3n) is 6.40. The van der Waals surface area contributed by atoms with Crippen LogP contribution in [0.2, 0.25) is 0 Å². The van der Waals surface area contributed by atoms with E-state index in [9.17, 15) is 28.4 Å². The summed E-state index contributed by atoms with van der Waals surface area (Å²) >= 11 is 0. The van der Waals surface area contributed by atoms with Crippen molar-refractivity contribution in [3.63, 3.8) is 0 Å². The Balaban J connectivity index is 1.22. The molecule has 0 aliphatic carbocycles. The maximum atomic E-state index is 13.1. The number of nitrogens with two attached hydrogens (primary N) is 1. The molecule has 1 unspecified atom stereocenters. The Morgan fingerprint density at radius 2 is 1.81 bits per heavy atom. The molecule has 2 aliphatic heterocycles. The normalized spacial score (nSPS) is 17.0. The molecule has 37 heavy (non-hydrogen) atoms. The van der Waals surface area contributed by atoms with E-state index in [1.165, 1.54) is 12.1 Å². The van der Waals surface area contributed by atoms with Crippen LogP contribution in [-0.2, 0) is 14.4 Å². The molecule has 4 rings (SSSR count). The SMILES string of the molecule is Nc1cc(F)ccc1NC(=O)CCCCCCNc1cccc2c1C(=O)N(C1CCC(=O)NC1=O)C2=O. The van der Waals surface area contributed by atoms with Gasteiger partial charge in [-0.25, -0.2) is 4.39 Å². The molecule has 1 saturated heterocycles. The Morgan fingerprint density at radius 1 is 1.03 bits per heavy atom. The number of nitrogen functional groups attached to an aromatic ring is 1. The lowest BCUT2D eigenvalue weighted by Crippen LogP contribution is -2.54. The highest BCUT2D eigenvalue weighted by molar-refractivity contribution is 6.25. The first-order valence-electron chi connectivity index (χ1n) is 12.2. The highest BCUT2D eigenvalue weighted by atomic mass is 19.1. The first kappa shape index (κ1) is 25.8. The van der Waals surface area contributed by atoms with Gasteiger partial charge in [0.15, 0.2) is 0 Å². The van der Waals surface area contributed by atoms with Gasteiger partial charge in [0, 0.05) is 25.1 Å². The molecule has 0 radical (unpaired) electrons. The summed E-state index contributed by atoms with van der Waals surface area (Å²) in [4.78, 5) is 62.7. The third kappa shape index (κ3) is 5.76. The molecule has 10 nitrogen and oxygen atoms in total. The van der Waals surface area contributed by atoms with Crippen LogP contribution in [-0.4, -0.2) is 47.0 Å². The second-order valence-corrected chi connectivity index (χ2v) is 9.05. The molecule has 194 valence electrons. The van der Waals surface area contributed by atoms with Crippen LogP contribution in [0.15, 0.2) is 36.4 Å². The lowest BCUT2D eigenvalue weighted by atomic mass is 10.0. The van der Waals surface area contributed by atoms with Gasteiger partial charge in [-0.3, -0.25) is 34.2 Å². The van der Waals surface area contributed by atoms with Gasteiger partial charge in [-0.05, 0) is 49.6 Å². The molecule has 1 fully saturated rings. The van der Waals surface area contributed by atoms with E-state index >= 15 is 0 Å². The quantitative estimate of drug-likeness (QED) is 0.218. The minimum Gasteiger partial charge on any atom is -0.397 e. The fraction of sp³-hybridized carbons (Fsp3) is 0.346. The van der Waals surface area contributed by atoms with Crippen LogP contribution in [0, 0.1) is 5.82 Å². The monoisotopic (exact) mass is 509 g/mol. The van der Waals surface area contributed by atoms with Crippen molar-refractivity contribution in [3.8, 4) is 0 Å². The number of hydrogen-bond donors (Lipinski definition) is 4. The highest BCUT2D eigenvalue weighted by Crippen LogP contribution is 2.32. The second kappa shape index (κ2) is 11.2. The molecule has 2 aliphatic rings. The molecular weight excluding hydrogens is 481 g/mol. The van der Waals surface area contributed by atoms with Gasteiger partial charge in [-0.1, -0.05) is 18.9 Å². The van der Waals surface area contributed by atoms with Crippen LogP contribution in [0.1, 0.15) is 65.7 Å². The summed E-state index contributed by atoms with van der Waals surface area (Å²) in [6.07, 6.45) is 3.57. The highest BCUT2D eigenvalue weighted by Gasteiger charge is 2.45. The number of imide groups is 2. The van der Waals surface area contributed by atoms with Crippen molar-refractivity contribution < 1.29 is 28.4 Å². The maximum absolute atomic E-state index is 13.1. The second-order valence-electron chi connectivity index (χ2n) is 9.05. The van der Waals surface area contributed by atoms with Gasteiger partial charge < -0.3 is 16.4 Å². The summed E-state index contributed by atoms with van der Waals surface area (Å²) in [5.41, 5.74) is 7.23. The number of carbonyl (C=O) groups excluding carboxylic acids is 5. The number of unbranched alkanes of at least 4 members (excludes halogenated alkanes) is 3. The summed E-state index contributed by atoms with van der Waals surface area (Å²) in [6, 6.07) is 7.75. The Labute approximate surface area is 212 Å². The van der Waals surface area contributed by atoms with Gasteiger partial charge in [0.2, 0.25) is 17.7 Å².